The molecule has 2 aromatic rings. The number of aromatic nitrogens is 2. The Kier molecular flexibility index (Phi) is 6.38. The van der Waals surface area contributed by atoms with Crippen LogP contribution in [0.25, 0.3) is 17.5 Å². The average molecular weight is 392 g/mol. The number of rotatable bonds is 5. The van der Waals surface area contributed by atoms with Crippen molar-refractivity contribution in [1.29, 1.82) is 0 Å². The van der Waals surface area contributed by atoms with Gasteiger partial charge in [-0.15, -0.1) is 0 Å². The molecule has 0 fully saturated rings. The summed E-state index contributed by atoms with van der Waals surface area (Å²) in [6, 6.07) is 6.13. The zero-order chi connectivity index (χ0) is 20.1. The van der Waals surface area contributed by atoms with Gasteiger partial charge in [-0.3, -0.25) is 4.99 Å². The van der Waals surface area contributed by atoms with Crippen molar-refractivity contribution in [1.82, 2.24) is 9.97 Å². The highest BCUT2D eigenvalue weighted by Gasteiger charge is 2.23. The molecule has 1 atom stereocenters. The molecule has 2 aliphatic rings. The van der Waals surface area contributed by atoms with E-state index in [0.717, 1.165) is 34.9 Å². The fourth-order valence-corrected chi connectivity index (χ4v) is 4.61. The van der Waals surface area contributed by atoms with Crippen LogP contribution in [0, 0.1) is 5.92 Å². The number of fused-ring (bicyclic) bond motifs is 1. The van der Waals surface area contributed by atoms with Crippen molar-refractivity contribution in [3.63, 3.8) is 0 Å². The van der Waals surface area contributed by atoms with Gasteiger partial charge in [0.25, 0.3) is 0 Å². The molecule has 0 saturated carbocycles. The van der Waals surface area contributed by atoms with Crippen molar-refractivity contribution in [2.75, 3.05) is 7.11 Å². The van der Waals surface area contributed by atoms with E-state index in [9.17, 15) is 0 Å². The number of aromatic amines is 2. The Morgan fingerprint density at radius 2 is 2.03 bits per heavy atom. The van der Waals surface area contributed by atoms with E-state index in [1.807, 2.05) is 12.3 Å². The molecule has 0 radical (unpaired) electrons. The number of nitrogens with one attached hydrogen (secondary N) is 2. The Bertz CT molecular complexity index is 899. The molecule has 0 spiro atoms. The summed E-state index contributed by atoms with van der Waals surface area (Å²) in [7, 11) is 1.73. The van der Waals surface area contributed by atoms with Gasteiger partial charge >= 0.3 is 0 Å². The molecule has 4 nitrogen and oxygen atoms in total. The maximum atomic E-state index is 5.67. The van der Waals surface area contributed by atoms with Crippen molar-refractivity contribution in [3.8, 4) is 17.1 Å². The van der Waals surface area contributed by atoms with Gasteiger partial charge < -0.3 is 14.7 Å². The van der Waals surface area contributed by atoms with E-state index in [0.29, 0.717) is 5.92 Å². The second-order valence-electron chi connectivity index (χ2n) is 8.27. The van der Waals surface area contributed by atoms with E-state index >= 15 is 0 Å². The number of H-pyrrole nitrogens is 2. The van der Waals surface area contributed by atoms with Crippen molar-refractivity contribution >= 4 is 11.8 Å². The van der Waals surface area contributed by atoms with E-state index in [1.165, 1.54) is 62.7 Å². The predicted octanol–water partition coefficient (Wildman–Crippen LogP) is 6.90. The van der Waals surface area contributed by atoms with Crippen molar-refractivity contribution in [2.45, 2.75) is 64.7 Å². The molecule has 0 amide bonds. The molecule has 2 bridgehead atoms. The van der Waals surface area contributed by atoms with Crippen LogP contribution in [0.3, 0.4) is 0 Å². The topological polar surface area (TPSA) is 53.2 Å². The van der Waals surface area contributed by atoms with Crippen LogP contribution in [-0.2, 0) is 0 Å². The molecule has 0 saturated heterocycles. The number of nitrogens with zero attached hydrogens (tertiary/aromatic N) is 1. The maximum absolute atomic E-state index is 5.67. The minimum Gasteiger partial charge on any atom is -0.494 e. The minimum absolute atomic E-state index is 0.606. The third kappa shape index (κ3) is 4.58. The smallest absolute Gasteiger partial charge is 0.144 e. The van der Waals surface area contributed by atoms with E-state index < -0.39 is 0 Å². The van der Waals surface area contributed by atoms with Crippen molar-refractivity contribution < 1.29 is 4.74 Å². The van der Waals surface area contributed by atoms with Gasteiger partial charge in [0, 0.05) is 18.0 Å². The van der Waals surface area contributed by atoms with Gasteiger partial charge in [-0.25, -0.2) is 0 Å². The van der Waals surface area contributed by atoms with Gasteiger partial charge in [0.15, 0.2) is 0 Å². The Balaban J connectivity index is 1.69. The number of allylic oxidation sites excluding steroid dienone is 2. The Morgan fingerprint density at radius 1 is 1.17 bits per heavy atom. The Morgan fingerprint density at radius 3 is 2.83 bits per heavy atom. The molecule has 154 valence electrons. The van der Waals surface area contributed by atoms with Gasteiger partial charge in [0.1, 0.15) is 5.75 Å². The fourth-order valence-electron chi connectivity index (χ4n) is 4.61. The summed E-state index contributed by atoms with van der Waals surface area (Å²) < 4.78 is 5.67. The molecule has 0 unspecified atom stereocenters. The highest BCUT2D eigenvalue weighted by Crippen LogP contribution is 2.37. The number of ether oxygens (including phenoxy) is 1. The first kappa shape index (κ1) is 19.8. The highest BCUT2D eigenvalue weighted by atomic mass is 16.5. The molecule has 1 aliphatic heterocycles. The largest absolute Gasteiger partial charge is 0.494 e. The zero-order valence-electron chi connectivity index (χ0n) is 17.8. The summed E-state index contributed by atoms with van der Waals surface area (Å²) in [6.07, 6.45) is 18.0. The van der Waals surface area contributed by atoms with E-state index in [1.54, 1.807) is 7.11 Å². The van der Waals surface area contributed by atoms with Crippen LogP contribution in [0.15, 0.2) is 46.7 Å². The van der Waals surface area contributed by atoms with Crippen LogP contribution >= 0.6 is 0 Å². The van der Waals surface area contributed by atoms with E-state index in [4.69, 9.17) is 9.73 Å². The van der Waals surface area contributed by atoms with Gasteiger partial charge in [0.05, 0.1) is 29.9 Å². The highest BCUT2D eigenvalue weighted by molar-refractivity contribution is 6.00. The van der Waals surface area contributed by atoms with Crippen molar-refractivity contribution in [2.24, 2.45) is 10.9 Å². The normalized spacial score (nSPS) is 21.6. The lowest BCUT2D eigenvalue weighted by Crippen LogP contribution is -2.05. The predicted molar refractivity (Wildman–Crippen MR) is 121 cm³/mol. The van der Waals surface area contributed by atoms with Gasteiger partial charge in [-0.05, 0) is 61.5 Å². The van der Waals surface area contributed by atoms with Gasteiger partial charge in [-0.2, -0.15) is 0 Å². The SMILES string of the molecule is CCC[C@H]1CCCCCCCC2=NC(=Cc3[nH]c(-c4ccc[nH]4)cc3OC)C1=C2. The average Bonchev–Trinajstić information content (AvgIpc) is 3.45. The summed E-state index contributed by atoms with van der Waals surface area (Å²) in [5.41, 5.74) is 6.89. The third-order valence-corrected chi connectivity index (χ3v) is 6.14. The zero-order valence-corrected chi connectivity index (χ0v) is 17.8. The monoisotopic (exact) mass is 391 g/mol. The molecule has 0 aromatic carbocycles. The number of hydrogen-bond acceptors (Lipinski definition) is 2. The Hall–Kier alpha value is -2.49. The van der Waals surface area contributed by atoms with Crippen LogP contribution in [0.5, 0.6) is 5.75 Å². The summed E-state index contributed by atoms with van der Waals surface area (Å²) in [6.45, 7) is 2.29. The molecule has 29 heavy (non-hydrogen) atoms. The molecular formula is C25H33N3O. The third-order valence-electron chi connectivity index (χ3n) is 6.14. The lowest BCUT2D eigenvalue weighted by atomic mass is 9.87. The molecular weight excluding hydrogens is 358 g/mol. The number of aliphatic imine (C=N–C) groups is 1. The van der Waals surface area contributed by atoms with Crippen molar-refractivity contribution in [3.05, 3.63) is 47.4 Å². The summed E-state index contributed by atoms with van der Waals surface area (Å²) in [4.78, 5) is 11.8. The lowest BCUT2D eigenvalue weighted by Gasteiger charge is -2.18. The lowest BCUT2D eigenvalue weighted by molar-refractivity contribution is 0.414. The molecule has 1 aliphatic carbocycles. The number of hydrogen-bond donors (Lipinski definition) is 2. The molecule has 4 heteroatoms. The summed E-state index contributed by atoms with van der Waals surface area (Å²) in [5, 5.41) is 0. The summed E-state index contributed by atoms with van der Waals surface area (Å²) >= 11 is 0. The second-order valence-corrected chi connectivity index (χ2v) is 8.27. The Labute approximate surface area is 174 Å². The van der Waals surface area contributed by atoms with E-state index in [-0.39, 0.29) is 0 Å². The van der Waals surface area contributed by atoms with Crippen LogP contribution in [-0.4, -0.2) is 22.8 Å². The van der Waals surface area contributed by atoms with Crippen LogP contribution in [0.1, 0.15) is 70.4 Å². The quantitative estimate of drug-likeness (QED) is 0.572. The molecule has 4 rings (SSSR count). The summed E-state index contributed by atoms with van der Waals surface area (Å²) in [5.74, 6) is 1.47. The van der Waals surface area contributed by atoms with Crippen LogP contribution in [0.4, 0.5) is 0 Å². The van der Waals surface area contributed by atoms with Crippen LogP contribution < -0.4 is 4.74 Å². The fraction of sp³-hybridized carbons (Fsp3) is 0.480. The molecule has 2 aromatic heterocycles. The first-order chi connectivity index (χ1) is 14.3. The standard InChI is InChI=1S/C25H33N3O/c1-3-10-18-11-7-5-4-6-8-12-19-15-20(18)22(27-19)16-24-25(29-2)17-23(28-24)21-13-9-14-26-21/h9,13-18,26,28H,3-8,10-12H2,1-2H3/t18-/m0/s1. The number of methoxy groups -OCH3 is 1. The minimum atomic E-state index is 0.606. The van der Waals surface area contributed by atoms with E-state index in [2.05, 4.69) is 41.2 Å². The second kappa shape index (κ2) is 9.34. The first-order valence-electron chi connectivity index (χ1n) is 11.2. The molecule has 2 N–H and O–H groups in total. The van der Waals surface area contributed by atoms with Gasteiger partial charge in [0.2, 0.25) is 0 Å². The van der Waals surface area contributed by atoms with Gasteiger partial charge in [-0.1, -0.05) is 39.0 Å². The maximum Gasteiger partial charge on any atom is 0.144 e. The molecule has 3 heterocycles. The van der Waals surface area contributed by atoms with Crippen LogP contribution in [0.2, 0.25) is 0 Å². The first-order valence-corrected chi connectivity index (χ1v) is 11.2.